The standard InChI is InChI=1S/C16H15BrN2O2S/c17-14-8-7-13(22-14)9-18-15(20)10-3-5-12(6-4-10)19-16(21)11-1-2-11/h3-8,11H,1-2,9H2,(H,18,20)(H,19,21). The van der Waals surface area contributed by atoms with Crippen molar-refractivity contribution in [3.05, 3.63) is 50.6 Å². The van der Waals surface area contributed by atoms with Gasteiger partial charge in [-0.15, -0.1) is 11.3 Å². The molecule has 114 valence electrons. The predicted octanol–water partition coefficient (Wildman–Crippen LogP) is 3.79. The van der Waals surface area contributed by atoms with Crippen LogP contribution in [0.15, 0.2) is 40.2 Å². The molecular formula is C16H15BrN2O2S. The summed E-state index contributed by atoms with van der Waals surface area (Å²) in [6.45, 7) is 0.509. The summed E-state index contributed by atoms with van der Waals surface area (Å²) in [5.74, 6) is 0.123. The number of anilines is 1. The molecule has 1 fully saturated rings. The Morgan fingerprint density at radius 1 is 1.14 bits per heavy atom. The number of hydrogen-bond donors (Lipinski definition) is 2. The minimum atomic E-state index is -0.121. The summed E-state index contributed by atoms with van der Waals surface area (Å²) in [6, 6.07) is 10.9. The zero-order chi connectivity index (χ0) is 15.5. The van der Waals surface area contributed by atoms with Crippen molar-refractivity contribution in [2.45, 2.75) is 19.4 Å². The Morgan fingerprint density at radius 3 is 2.45 bits per heavy atom. The van der Waals surface area contributed by atoms with E-state index in [0.29, 0.717) is 12.1 Å². The molecule has 0 saturated heterocycles. The molecule has 2 amide bonds. The number of hydrogen-bond acceptors (Lipinski definition) is 3. The molecule has 0 atom stereocenters. The third-order valence-corrected chi connectivity index (χ3v) is 5.04. The maximum atomic E-state index is 12.1. The highest BCUT2D eigenvalue weighted by Gasteiger charge is 2.29. The average Bonchev–Trinajstić information content (AvgIpc) is 3.29. The maximum absolute atomic E-state index is 12.1. The van der Waals surface area contributed by atoms with Gasteiger partial charge in [0.05, 0.1) is 10.3 Å². The smallest absolute Gasteiger partial charge is 0.251 e. The molecule has 0 spiro atoms. The van der Waals surface area contributed by atoms with Crippen LogP contribution in [0.2, 0.25) is 0 Å². The zero-order valence-electron chi connectivity index (χ0n) is 11.8. The van der Waals surface area contributed by atoms with Gasteiger partial charge in [-0.3, -0.25) is 9.59 Å². The van der Waals surface area contributed by atoms with Crippen LogP contribution in [-0.2, 0) is 11.3 Å². The molecule has 0 unspecified atom stereocenters. The Morgan fingerprint density at radius 2 is 1.86 bits per heavy atom. The van der Waals surface area contributed by atoms with Gasteiger partial charge in [-0.05, 0) is 65.2 Å². The topological polar surface area (TPSA) is 58.2 Å². The van der Waals surface area contributed by atoms with Crippen molar-refractivity contribution < 1.29 is 9.59 Å². The van der Waals surface area contributed by atoms with Gasteiger partial charge in [-0.2, -0.15) is 0 Å². The van der Waals surface area contributed by atoms with Crippen LogP contribution >= 0.6 is 27.3 Å². The maximum Gasteiger partial charge on any atom is 0.251 e. The summed E-state index contributed by atoms with van der Waals surface area (Å²) in [5.41, 5.74) is 1.32. The van der Waals surface area contributed by atoms with Crippen molar-refractivity contribution in [3.8, 4) is 0 Å². The van der Waals surface area contributed by atoms with Gasteiger partial charge < -0.3 is 10.6 Å². The number of carbonyl (C=O) groups is 2. The third kappa shape index (κ3) is 3.96. The predicted molar refractivity (Wildman–Crippen MR) is 91.0 cm³/mol. The normalized spacial score (nSPS) is 13.7. The molecular weight excluding hydrogens is 364 g/mol. The molecule has 22 heavy (non-hydrogen) atoms. The van der Waals surface area contributed by atoms with Crippen molar-refractivity contribution in [3.63, 3.8) is 0 Å². The molecule has 6 heteroatoms. The van der Waals surface area contributed by atoms with Gasteiger partial charge in [0.2, 0.25) is 5.91 Å². The second-order valence-electron chi connectivity index (χ2n) is 5.23. The first-order valence-electron chi connectivity index (χ1n) is 7.05. The summed E-state index contributed by atoms with van der Waals surface area (Å²) in [6.07, 6.45) is 1.95. The lowest BCUT2D eigenvalue weighted by molar-refractivity contribution is -0.117. The fourth-order valence-corrected chi connectivity index (χ4v) is 3.43. The summed E-state index contributed by atoms with van der Waals surface area (Å²) >= 11 is 4.99. The Bertz CT molecular complexity index is 692. The van der Waals surface area contributed by atoms with Crippen LogP contribution in [0.5, 0.6) is 0 Å². The van der Waals surface area contributed by atoms with E-state index in [4.69, 9.17) is 0 Å². The van der Waals surface area contributed by atoms with Crippen LogP contribution < -0.4 is 10.6 Å². The highest BCUT2D eigenvalue weighted by molar-refractivity contribution is 9.11. The average molecular weight is 379 g/mol. The van der Waals surface area contributed by atoms with E-state index in [-0.39, 0.29) is 17.7 Å². The Kier molecular flexibility index (Phi) is 4.59. The summed E-state index contributed by atoms with van der Waals surface area (Å²) < 4.78 is 1.05. The number of thiophene rings is 1. The molecule has 3 rings (SSSR count). The van der Waals surface area contributed by atoms with Crippen LogP contribution in [0.3, 0.4) is 0 Å². The van der Waals surface area contributed by atoms with Gasteiger partial charge in [0.1, 0.15) is 0 Å². The van der Waals surface area contributed by atoms with Crippen molar-refractivity contribution in [2.24, 2.45) is 5.92 Å². The quantitative estimate of drug-likeness (QED) is 0.831. The van der Waals surface area contributed by atoms with Crippen LogP contribution in [-0.4, -0.2) is 11.8 Å². The van der Waals surface area contributed by atoms with E-state index in [1.54, 1.807) is 35.6 Å². The highest BCUT2D eigenvalue weighted by Crippen LogP contribution is 2.30. The van der Waals surface area contributed by atoms with Crippen molar-refractivity contribution >= 4 is 44.8 Å². The fourth-order valence-electron chi connectivity index (χ4n) is 2.01. The number of amides is 2. The molecule has 4 nitrogen and oxygen atoms in total. The second kappa shape index (κ2) is 6.62. The minimum Gasteiger partial charge on any atom is -0.347 e. The number of benzene rings is 1. The molecule has 0 bridgehead atoms. The van der Waals surface area contributed by atoms with Gasteiger partial charge in [-0.1, -0.05) is 0 Å². The lowest BCUT2D eigenvalue weighted by Crippen LogP contribution is -2.22. The van der Waals surface area contributed by atoms with Gasteiger partial charge in [-0.25, -0.2) is 0 Å². The number of carbonyl (C=O) groups excluding carboxylic acids is 2. The van der Waals surface area contributed by atoms with Gasteiger partial charge in [0.25, 0.3) is 5.91 Å². The van der Waals surface area contributed by atoms with Crippen molar-refractivity contribution in [1.82, 2.24) is 5.32 Å². The molecule has 1 aliphatic carbocycles. The minimum absolute atomic E-state index is 0.0699. The van der Waals surface area contributed by atoms with E-state index in [0.717, 1.165) is 27.2 Å². The fraction of sp³-hybridized carbons (Fsp3) is 0.250. The molecule has 1 saturated carbocycles. The van der Waals surface area contributed by atoms with Crippen LogP contribution in [0.1, 0.15) is 28.1 Å². The molecule has 2 aromatic rings. The Balaban J connectivity index is 1.54. The molecule has 1 aromatic carbocycles. The Labute approximate surface area is 141 Å². The van der Waals surface area contributed by atoms with Crippen molar-refractivity contribution in [1.29, 1.82) is 0 Å². The Hall–Kier alpha value is -1.66. The lowest BCUT2D eigenvalue weighted by Gasteiger charge is -2.06. The molecule has 2 N–H and O–H groups in total. The summed E-state index contributed by atoms with van der Waals surface area (Å²) in [4.78, 5) is 24.8. The molecule has 0 aliphatic heterocycles. The first-order chi connectivity index (χ1) is 10.6. The summed E-state index contributed by atoms with van der Waals surface area (Å²) in [7, 11) is 0. The van der Waals surface area contributed by atoms with E-state index < -0.39 is 0 Å². The van der Waals surface area contributed by atoms with Crippen LogP contribution in [0.25, 0.3) is 0 Å². The first-order valence-corrected chi connectivity index (χ1v) is 8.66. The van der Waals surface area contributed by atoms with Gasteiger partial charge in [0.15, 0.2) is 0 Å². The zero-order valence-corrected chi connectivity index (χ0v) is 14.2. The molecule has 1 heterocycles. The number of rotatable bonds is 5. The molecule has 1 aromatic heterocycles. The second-order valence-corrected chi connectivity index (χ2v) is 7.78. The lowest BCUT2D eigenvalue weighted by atomic mass is 10.2. The largest absolute Gasteiger partial charge is 0.347 e. The van der Waals surface area contributed by atoms with Crippen LogP contribution in [0.4, 0.5) is 5.69 Å². The van der Waals surface area contributed by atoms with Gasteiger partial charge >= 0.3 is 0 Å². The van der Waals surface area contributed by atoms with E-state index in [2.05, 4.69) is 26.6 Å². The van der Waals surface area contributed by atoms with E-state index in [9.17, 15) is 9.59 Å². The third-order valence-electron chi connectivity index (χ3n) is 3.41. The first kappa shape index (κ1) is 15.2. The SMILES string of the molecule is O=C(NCc1ccc(Br)s1)c1ccc(NC(=O)C2CC2)cc1. The van der Waals surface area contributed by atoms with E-state index in [1.165, 1.54) is 0 Å². The molecule has 1 aliphatic rings. The van der Waals surface area contributed by atoms with Crippen molar-refractivity contribution in [2.75, 3.05) is 5.32 Å². The highest BCUT2D eigenvalue weighted by atomic mass is 79.9. The number of halogens is 1. The van der Waals surface area contributed by atoms with Gasteiger partial charge in [0, 0.05) is 22.0 Å². The monoisotopic (exact) mass is 378 g/mol. The van der Waals surface area contributed by atoms with E-state index in [1.807, 2.05) is 12.1 Å². The van der Waals surface area contributed by atoms with E-state index >= 15 is 0 Å². The molecule has 0 radical (unpaired) electrons. The number of nitrogens with one attached hydrogen (secondary N) is 2. The summed E-state index contributed by atoms with van der Waals surface area (Å²) in [5, 5.41) is 5.74. The van der Waals surface area contributed by atoms with Crippen LogP contribution in [0, 0.1) is 5.92 Å².